The zero-order valence-electron chi connectivity index (χ0n) is 15.6. The molecule has 7 nitrogen and oxygen atoms in total. The standard InChI is InChI=1S/C19H22N4O3S2/c1-3-13(2)14-8-10-15(11-9-14)28(25,26)23-22-18(24)12-27-19-20-16-6-4-5-7-17(16)21-19/h4-11,13,23H,3,12H2,1-2H3,(H,20,21)(H,22,24)/t13-/m1/s1. The van der Waals surface area contributed by atoms with Crippen molar-refractivity contribution in [1.82, 2.24) is 20.2 Å². The quantitative estimate of drug-likeness (QED) is 0.385. The summed E-state index contributed by atoms with van der Waals surface area (Å²) in [6.07, 6.45) is 0.975. The van der Waals surface area contributed by atoms with Gasteiger partial charge in [-0.25, -0.2) is 13.4 Å². The lowest BCUT2D eigenvalue weighted by atomic mass is 9.99. The van der Waals surface area contributed by atoms with E-state index in [0.717, 1.165) is 23.0 Å². The Kier molecular flexibility index (Phi) is 6.38. The van der Waals surface area contributed by atoms with Crippen LogP contribution in [0.25, 0.3) is 11.0 Å². The molecule has 1 amide bonds. The summed E-state index contributed by atoms with van der Waals surface area (Å²) in [6, 6.07) is 14.2. The molecule has 28 heavy (non-hydrogen) atoms. The van der Waals surface area contributed by atoms with Gasteiger partial charge in [0.05, 0.1) is 21.7 Å². The molecule has 1 aromatic heterocycles. The number of sulfonamides is 1. The summed E-state index contributed by atoms with van der Waals surface area (Å²) in [7, 11) is -3.82. The highest BCUT2D eigenvalue weighted by molar-refractivity contribution is 7.99. The summed E-state index contributed by atoms with van der Waals surface area (Å²) in [5.74, 6) is -0.0834. The average Bonchev–Trinajstić information content (AvgIpc) is 3.13. The number of benzene rings is 2. The number of carbonyl (C=O) groups is 1. The predicted molar refractivity (Wildman–Crippen MR) is 110 cm³/mol. The van der Waals surface area contributed by atoms with E-state index >= 15 is 0 Å². The molecule has 3 rings (SSSR count). The molecule has 2 aromatic carbocycles. The minimum absolute atomic E-state index is 0.0231. The summed E-state index contributed by atoms with van der Waals surface area (Å²) in [5.41, 5.74) is 5.00. The number of thioether (sulfide) groups is 1. The van der Waals surface area contributed by atoms with Gasteiger partial charge in [-0.05, 0) is 42.2 Å². The lowest BCUT2D eigenvalue weighted by molar-refractivity contribution is -0.119. The van der Waals surface area contributed by atoms with E-state index in [9.17, 15) is 13.2 Å². The number of amides is 1. The molecule has 0 aliphatic carbocycles. The minimum atomic E-state index is -3.82. The van der Waals surface area contributed by atoms with Gasteiger partial charge in [-0.2, -0.15) is 0 Å². The number of imidazole rings is 1. The molecule has 1 atom stereocenters. The van der Waals surface area contributed by atoms with E-state index in [1.54, 1.807) is 24.3 Å². The second-order valence-corrected chi connectivity index (χ2v) is 9.03. The van der Waals surface area contributed by atoms with Gasteiger partial charge in [0.25, 0.3) is 10.0 Å². The third-order valence-electron chi connectivity index (χ3n) is 4.40. The average molecular weight is 419 g/mol. The number of nitrogens with one attached hydrogen (secondary N) is 3. The van der Waals surface area contributed by atoms with Crippen LogP contribution in [0.3, 0.4) is 0 Å². The molecule has 0 saturated heterocycles. The Hall–Kier alpha value is -2.36. The topological polar surface area (TPSA) is 104 Å². The molecule has 0 bridgehead atoms. The van der Waals surface area contributed by atoms with Crippen LogP contribution in [0.5, 0.6) is 0 Å². The summed E-state index contributed by atoms with van der Waals surface area (Å²) < 4.78 is 24.7. The summed E-state index contributed by atoms with van der Waals surface area (Å²) >= 11 is 1.19. The number of fused-ring (bicyclic) bond motifs is 1. The third kappa shape index (κ3) is 4.92. The molecule has 0 saturated carbocycles. The van der Waals surface area contributed by atoms with Crippen molar-refractivity contribution < 1.29 is 13.2 Å². The van der Waals surface area contributed by atoms with Gasteiger partial charge in [0.2, 0.25) is 5.91 Å². The van der Waals surface area contributed by atoms with Gasteiger partial charge in [-0.15, -0.1) is 4.83 Å². The number of aromatic nitrogens is 2. The van der Waals surface area contributed by atoms with E-state index in [0.29, 0.717) is 11.1 Å². The normalized spacial score (nSPS) is 12.8. The van der Waals surface area contributed by atoms with Crippen molar-refractivity contribution in [2.45, 2.75) is 36.2 Å². The van der Waals surface area contributed by atoms with Crippen LogP contribution in [0.4, 0.5) is 0 Å². The Bertz CT molecular complexity index is 1030. The van der Waals surface area contributed by atoms with Crippen molar-refractivity contribution in [2.75, 3.05) is 5.75 Å². The van der Waals surface area contributed by atoms with Gasteiger partial charge in [-0.1, -0.05) is 49.9 Å². The number of para-hydroxylation sites is 2. The molecule has 9 heteroatoms. The first-order valence-electron chi connectivity index (χ1n) is 8.87. The highest BCUT2D eigenvalue weighted by Gasteiger charge is 2.16. The molecule has 0 unspecified atom stereocenters. The molecule has 0 aliphatic heterocycles. The van der Waals surface area contributed by atoms with Crippen LogP contribution in [0.15, 0.2) is 58.6 Å². The molecule has 0 radical (unpaired) electrons. The van der Waals surface area contributed by atoms with Crippen LogP contribution >= 0.6 is 11.8 Å². The Morgan fingerprint density at radius 1 is 1.18 bits per heavy atom. The van der Waals surface area contributed by atoms with E-state index < -0.39 is 15.9 Å². The van der Waals surface area contributed by atoms with E-state index in [4.69, 9.17) is 0 Å². The van der Waals surface area contributed by atoms with E-state index in [1.165, 1.54) is 11.8 Å². The van der Waals surface area contributed by atoms with Crippen LogP contribution in [0, 0.1) is 0 Å². The number of H-pyrrole nitrogens is 1. The maximum Gasteiger partial charge on any atom is 0.257 e. The van der Waals surface area contributed by atoms with E-state index in [-0.39, 0.29) is 10.6 Å². The predicted octanol–water partition coefficient (Wildman–Crippen LogP) is 3.18. The number of carbonyl (C=O) groups excluding carboxylic acids is 1. The van der Waals surface area contributed by atoms with Gasteiger partial charge in [0.1, 0.15) is 0 Å². The fourth-order valence-corrected chi connectivity index (χ4v) is 4.11. The largest absolute Gasteiger partial charge is 0.333 e. The smallest absolute Gasteiger partial charge is 0.257 e. The lowest BCUT2D eigenvalue weighted by Gasteiger charge is -2.11. The van der Waals surface area contributed by atoms with Crippen LogP contribution in [0.1, 0.15) is 31.7 Å². The maximum absolute atomic E-state index is 12.3. The second kappa shape index (κ2) is 8.76. The Morgan fingerprint density at radius 3 is 2.57 bits per heavy atom. The van der Waals surface area contributed by atoms with Gasteiger partial charge >= 0.3 is 0 Å². The molecule has 3 N–H and O–H groups in total. The molecular formula is C19H22N4O3S2. The molecule has 0 spiro atoms. The van der Waals surface area contributed by atoms with E-state index in [1.807, 2.05) is 24.3 Å². The van der Waals surface area contributed by atoms with Crippen LogP contribution in [-0.4, -0.2) is 30.0 Å². The number of rotatable bonds is 8. The fourth-order valence-electron chi connectivity index (χ4n) is 2.56. The summed E-state index contributed by atoms with van der Waals surface area (Å²) in [5, 5.41) is 0.597. The van der Waals surface area contributed by atoms with Gasteiger partial charge < -0.3 is 4.98 Å². The lowest BCUT2D eigenvalue weighted by Crippen LogP contribution is -2.42. The number of aromatic amines is 1. The molecular weight excluding hydrogens is 396 g/mol. The van der Waals surface area contributed by atoms with Crippen molar-refractivity contribution in [3.8, 4) is 0 Å². The Balaban J connectivity index is 1.54. The first kappa shape index (κ1) is 20.4. The van der Waals surface area contributed by atoms with Gasteiger partial charge in [0, 0.05) is 0 Å². The molecule has 1 heterocycles. The number of nitrogens with zero attached hydrogens (tertiary/aromatic N) is 1. The van der Waals surface area contributed by atoms with Crippen LogP contribution in [0.2, 0.25) is 0 Å². The first-order chi connectivity index (χ1) is 13.4. The SMILES string of the molecule is CC[C@@H](C)c1ccc(S(=O)(=O)NNC(=O)CSc2nc3ccccc3[nH]2)cc1. The van der Waals surface area contributed by atoms with Crippen LogP contribution < -0.4 is 10.3 Å². The van der Waals surface area contributed by atoms with Crippen LogP contribution in [-0.2, 0) is 14.8 Å². The maximum atomic E-state index is 12.3. The number of hydrazine groups is 1. The Morgan fingerprint density at radius 2 is 1.89 bits per heavy atom. The van der Waals surface area contributed by atoms with Gasteiger partial charge in [-0.3, -0.25) is 10.2 Å². The van der Waals surface area contributed by atoms with Crippen molar-refractivity contribution >= 4 is 38.7 Å². The zero-order chi connectivity index (χ0) is 20.1. The third-order valence-corrected chi connectivity index (χ3v) is 6.54. The minimum Gasteiger partial charge on any atom is -0.333 e. The molecule has 0 aliphatic rings. The van der Waals surface area contributed by atoms with E-state index in [2.05, 4.69) is 34.1 Å². The molecule has 148 valence electrons. The molecule has 0 fully saturated rings. The monoisotopic (exact) mass is 418 g/mol. The number of hydrogen-bond acceptors (Lipinski definition) is 5. The van der Waals surface area contributed by atoms with Crippen molar-refractivity contribution in [1.29, 1.82) is 0 Å². The van der Waals surface area contributed by atoms with Crippen molar-refractivity contribution in [3.05, 3.63) is 54.1 Å². The van der Waals surface area contributed by atoms with Crippen molar-refractivity contribution in [3.63, 3.8) is 0 Å². The number of hydrogen-bond donors (Lipinski definition) is 3. The fraction of sp³-hybridized carbons (Fsp3) is 0.263. The zero-order valence-corrected chi connectivity index (χ0v) is 17.2. The highest BCUT2D eigenvalue weighted by Crippen LogP contribution is 2.21. The summed E-state index contributed by atoms with van der Waals surface area (Å²) in [6.45, 7) is 4.16. The first-order valence-corrected chi connectivity index (χ1v) is 11.3. The van der Waals surface area contributed by atoms with Crippen molar-refractivity contribution in [2.24, 2.45) is 0 Å². The second-order valence-electron chi connectivity index (χ2n) is 6.38. The Labute approximate surface area is 168 Å². The molecule has 3 aromatic rings. The van der Waals surface area contributed by atoms with Gasteiger partial charge in [0.15, 0.2) is 5.16 Å². The highest BCUT2D eigenvalue weighted by atomic mass is 32.2. The summed E-state index contributed by atoms with van der Waals surface area (Å²) in [4.78, 5) is 21.7.